The number of hydrogen-bond donors (Lipinski definition) is 0. The minimum absolute atomic E-state index is 0.0238. The van der Waals surface area contributed by atoms with Gasteiger partial charge in [0.15, 0.2) is 0 Å². The van der Waals surface area contributed by atoms with E-state index < -0.39 is 5.97 Å². The summed E-state index contributed by atoms with van der Waals surface area (Å²) in [5.74, 6) is -0.483. The third kappa shape index (κ3) is 3.73. The van der Waals surface area contributed by atoms with Crippen molar-refractivity contribution in [2.45, 2.75) is 26.7 Å². The fourth-order valence-electron chi connectivity index (χ4n) is 4.14. The largest absolute Gasteiger partial charge is 0.461 e. The van der Waals surface area contributed by atoms with Gasteiger partial charge in [-0.2, -0.15) is 0 Å². The van der Waals surface area contributed by atoms with E-state index in [4.69, 9.17) is 16.3 Å². The van der Waals surface area contributed by atoms with Crippen LogP contribution in [-0.2, 0) is 11.8 Å². The molecular weight excluding hydrogens is 424 g/mol. The molecule has 0 aliphatic heterocycles. The lowest BCUT2D eigenvalue weighted by atomic mass is 9.92. The van der Waals surface area contributed by atoms with Crippen molar-refractivity contribution >= 4 is 28.5 Å². The Labute approximate surface area is 191 Å². The number of aromatic nitrogens is 2. The summed E-state index contributed by atoms with van der Waals surface area (Å²) in [4.78, 5) is 26.3. The summed E-state index contributed by atoms with van der Waals surface area (Å²) in [7, 11) is 1.74. The highest BCUT2D eigenvalue weighted by molar-refractivity contribution is 6.30. The molecule has 164 valence electrons. The van der Waals surface area contributed by atoms with E-state index in [1.807, 2.05) is 61.7 Å². The minimum atomic E-state index is -0.459. The fraction of sp³-hybridized carbons (Fsp3) is 0.231. The van der Waals surface area contributed by atoms with Gasteiger partial charge < -0.3 is 9.30 Å². The predicted molar refractivity (Wildman–Crippen MR) is 128 cm³/mol. The van der Waals surface area contributed by atoms with Crippen molar-refractivity contribution in [3.63, 3.8) is 0 Å². The van der Waals surface area contributed by atoms with Gasteiger partial charge in [0.2, 0.25) is 0 Å². The Hall–Kier alpha value is -3.31. The molecule has 0 aliphatic carbocycles. The molecule has 0 saturated carbocycles. The number of rotatable bonds is 5. The van der Waals surface area contributed by atoms with Crippen LogP contribution in [0.3, 0.4) is 0 Å². The number of fused-ring (bicyclic) bond motifs is 1. The second kappa shape index (κ2) is 8.67. The second-order valence-electron chi connectivity index (χ2n) is 7.91. The molecule has 5 nitrogen and oxygen atoms in total. The molecule has 6 heteroatoms. The predicted octanol–water partition coefficient (Wildman–Crippen LogP) is 5.62. The van der Waals surface area contributed by atoms with E-state index in [1.165, 1.54) is 0 Å². The maximum Gasteiger partial charge on any atom is 0.355 e. The highest BCUT2D eigenvalue weighted by Crippen LogP contribution is 2.33. The van der Waals surface area contributed by atoms with Crippen LogP contribution < -0.4 is 5.56 Å². The molecule has 1 atom stereocenters. The maximum atomic E-state index is 13.4. The molecule has 0 bridgehead atoms. The van der Waals surface area contributed by atoms with Crippen LogP contribution in [0.25, 0.3) is 16.6 Å². The zero-order valence-electron chi connectivity index (χ0n) is 18.6. The molecule has 1 unspecified atom stereocenters. The zero-order chi connectivity index (χ0) is 23.0. The molecule has 0 spiro atoms. The van der Waals surface area contributed by atoms with Gasteiger partial charge in [0.1, 0.15) is 11.2 Å². The number of benzene rings is 2. The van der Waals surface area contributed by atoms with Gasteiger partial charge in [0.25, 0.3) is 5.56 Å². The molecule has 4 rings (SSSR count). The van der Waals surface area contributed by atoms with Crippen molar-refractivity contribution in [2.24, 2.45) is 7.05 Å². The first-order chi connectivity index (χ1) is 15.3. The standard InChI is InChI=1S/C26H25ClN2O3/c1-5-32-26(31)23-14-20-21(17(3)18-10-12-19(27)13-11-18)15-28(4)25(30)24(20)29(23)22-9-7-6-8-16(22)2/h6-15,17H,5H2,1-4H3. The molecule has 2 aromatic carbocycles. The van der Waals surface area contributed by atoms with Crippen LogP contribution in [0.1, 0.15) is 46.9 Å². The zero-order valence-corrected chi connectivity index (χ0v) is 19.3. The topological polar surface area (TPSA) is 53.2 Å². The number of aryl methyl sites for hydroxylation is 2. The van der Waals surface area contributed by atoms with E-state index >= 15 is 0 Å². The number of halogens is 1. The first-order valence-corrected chi connectivity index (χ1v) is 10.9. The van der Waals surface area contributed by atoms with Crippen LogP contribution in [0.4, 0.5) is 0 Å². The molecule has 2 aromatic heterocycles. The lowest BCUT2D eigenvalue weighted by Crippen LogP contribution is -2.21. The molecule has 0 radical (unpaired) electrons. The van der Waals surface area contributed by atoms with Crippen molar-refractivity contribution < 1.29 is 9.53 Å². The number of nitrogens with zero attached hydrogens (tertiary/aromatic N) is 2. The van der Waals surface area contributed by atoms with Crippen LogP contribution >= 0.6 is 11.6 Å². The third-order valence-electron chi connectivity index (χ3n) is 5.84. The number of ether oxygens (including phenoxy) is 1. The molecule has 0 amide bonds. The Balaban J connectivity index is 2.07. The van der Waals surface area contributed by atoms with E-state index in [2.05, 4.69) is 6.92 Å². The maximum absolute atomic E-state index is 13.4. The quantitative estimate of drug-likeness (QED) is 0.372. The molecule has 0 saturated heterocycles. The average molecular weight is 449 g/mol. The molecule has 2 heterocycles. The monoisotopic (exact) mass is 448 g/mol. The molecule has 0 fully saturated rings. The van der Waals surface area contributed by atoms with Crippen LogP contribution in [0.2, 0.25) is 5.02 Å². The Morgan fingerprint density at radius 1 is 1.12 bits per heavy atom. The minimum Gasteiger partial charge on any atom is -0.461 e. The summed E-state index contributed by atoms with van der Waals surface area (Å²) < 4.78 is 8.66. The Morgan fingerprint density at radius 3 is 2.47 bits per heavy atom. The summed E-state index contributed by atoms with van der Waals surface area (Å²) in [5.41, 5.74) is 4.36. The number of carbonyl (C=O) groups is 1. The van der Waals surface area contributed by atoms with E-state index in [1.54, 1.807) is 29.2 Å². The second-order valence-corrected chi connectivity index (χ2v) is 8.34. The average Bonchev–Trinajstić information content (AvgIpc) is 3.17. The van der Waals surface area contributed by atoms with Gasteiger partial charge in [-0.15, -0.1) is 0 Å². The van der Waals surface area contributed by atoms with Crippen LogP contribution in [0.5, 0.6) is 0 Å². The Bertz CT molecular complexity index is 1370. The Morgan fingerprint density at radius 2 is 1.81 bits per heavy atom. The van der Waals surface area contributed by atoms with E-state index in [9.17, 15) is 9.59 Å². The molecule has 0 aliphatic rings. The first kappa shape index (κ1) is 21.9. The van der Waals surface area contributed by atoms with Gasteiger partial charge in [0, 0.05) is 35.3 Å². The lowest BCUT2D eigenvalue weighted by molar-refractivity contribution is 0.0517. The Kier molecular flexibility index (Phi) is 5.94. The fourth-order valence-corrected chi connectivity index (χ4v) is 4.27. The summed E-state index contributed by atoms with van der Waals surface area (Å²) in [6.45, 7) is 6.06. The van der Waals surface area contributed by atoms with Crippen LogP contribution in [-0.4, -0.2) is 21.7 Å². The SMILES string of the molecule is CCOC(=O)c1cc2c(C(C)c3ccc(Cl)cc3)cn(C)c(=O)c2n1-c1ccccc1C. The van der Waals surface area contributed by atoms with Crippen molar-refractivity contribution in [3.8, 4) is 5.69 Å². The van der Waals surface area contributed by atoms with Gasteiger partial charge in [0.05, 0.1) is 6.61 Å². The molecule has 0 N–H and O–H groups in total. The van der Waals surface area contributed by atoms with E-state index in [-0.39, 0.29) is 18.1 Å². The lowest BCUT2D eigenvalue weighted by Gasteiger charge is -2.17. The van der Waals surface area contributed by atoms with Gasteiger partial charge >= 0.3 is 5.97 Å². The molecular formula is C26H25ClN2O3. The smallest absolute Gasteiger partial charge is 0.355 e. The highest BCUT2D eigenvalue weighted by atomic mass is 35.5. The van der Waals surface area contributed by atoms with Gasteiger partial charge in [-0.1, -0.05) is 48.9 Å². The molecule has 4 aromatic rings. The normalized spacial score (nSPS) is 12.2. The molecule has 32 heavy (non-hydrogen) atoms. The van der Waals surface area contributed by atoms with Crippen LogP contribution in [0, 0.1) is 6.92 Å². The van der Waals surface area contributed by atoms with Crippen molar-refractivity contribution in [1.82, 2.24) is 9.13 Å². The summed E-state index contributed by atoms with van der Waals surface area (Å²) in [6.07, 6.45) is 1.85. The first-order valence-electron chi connectivity index (χ1n) is 10.6. The van der Waals surface area contributed by atoms with Crippen LogP contribution in [0.15, 0.2) is 65.6 Å². The number of para-hydroxylation sites is 1. The van der Waals surface area contributed by atoms with Gasteiger partial charge in [-0.05, 0) is 54.8 Å². The highest BCUT2D eigenvalue weighted by Gasteiger charge is 2.25. The van der Waals surface area contributed by atoms with Gasteiger partial charge in [-0.25, -0.2) is 4.79 Å². The number of esters is 1. The third-order valence-corrected chi connectivity index (χ3v) is 6.10. The van der Waals surface area contributed by atoms with E-state index in [0.29, 0.717) is 16.2 Å². The number of carbonyl (C=O) groups excluding carboxylic acids is 1. The summed E-state index contributed by atoms with van der Waals surface area (Å²) >= 11 is 6.07. The number of hydrogen-bond acceptors (Lipinski definition) is 3. The van der Waals surface area contributed by atoms with Gasteiger partial charge in [-0.3, -0.25) is 9.36 Å². The van der Waals surface area contributed by atoms with Crippen molar-refractivity contribution in [1.29, 1.82) is 0 Å². The summed E-state index contributed by atoms with van der Waals surface area (Å²) in [6, 6.07) is 17.2. The van der Waals surface area contributed by atoms with Crippen molar-refractivity contribution in [3.05, 3.63) is 98.6 Å². The van der Waals surface area contributed by atoms with E-state index in [0.717, 1.165) is 27.8 Å². The van der Waals surface area contributed by atoms with Crippen molar-refractivity contribution in [2.75, 3.05) is 6.61 Å². The summed E-state index contributed by atoms with van der Waals surface area (Å²) in [5, 5.41) is 1.41. The number of pyridine rings is 1.